The van der Waals surface area contributed by atoms with Crippen molar-refractivity contribution in [2.24, 2.45) is 10.9 Å². The van der Waals surface area contributed by atoms with Crippen molar-refractivity contribution in [1.82, 2.24) is 4.98 Å². The summed E-state index contributed by atoms with van der Waals surface area (Å²) in [4.78, 5) is 8.74. The molecule has 154 valence electrons. The topological polar surface area (TPSA) is 43.7 Å². The van der Waals surface area contributed by atoms with Gasteiger partial charge in [-0.15, -0.1) is 0 Å². The van der Waals surface area contributed by atoms with Crippen LogP contribution in [-0.2, 0) is 4.74 Å². The molecule has 1 aliphatic rings. The Kier molecular flexibility index (Phi) is 5.74. The Bertz CT molecular complexity index is 1030. The summed E-state index contributed by atoms with van der Waals surface area (Å²) in [6.45, 7) is 5.05. The van der Waals surface area contributed by atoms with Crippen molar-refractivity contribution < 1.29 is 18.3 Å². The minimum Gasteiger partial charge on any atom is -0.477 e. The minimum absolute atomic E-state index is 0.000799. The quantitative estimate of drug-likeness (QED) is 0.535. The minimum atomic E-state index is -0.682. The highest BCUT2D eigenvalue weighted by Gasteiger charge is 2.26. The molecular weight excluding hydrogens is 386 g/mol. The van der Waals surface area contributed by atoms with Gasteiger partial charge in [0.25, 0.3) is 0 Å². The molecule has 4 rings (SSSR count). The highest BCUT2D eigenvalue weighted by atomic mass is 19.1. The molecule has 1 aliphatic heterocycles. The first-order chi connectivity index (χ1) is 14.5. The van der Waals surface area contributed by atoms with E-state index in [1.165, 1.54) is 18.2 Å². The lowest BCUT2D eigenvalue weighted by molar-refractivity contribution is 0.261. The molecule has 0 saturated carbocycles. The van der Waals surface area contributed by atoms with E-state index < -0.39 is 11.6 Å². The van der Waals surface area contributed by atoms with Crippen molar-refractivity contribution in [3.05, 3.63) is 83.6 Å². The van der Waals surface area contributed by atoms with Crippen LogP contribution in [-0.4, -0.2) is 24.1 Å². The fourth-order valence-corrected chi connectivity index (χ4v) is 3.17. The third-order valence-corrected chi connectivity index (χ3v) is 4.76. The van der Waals surface area contributed by atoms with Crippen LogP contribution in [0.5, 0.6) is 5.88 Å². The second-order valence-electron chi connectivity index (χ2n) is 7.57. The molecule has 0 bridgehead atoms. The second kappa shape index (κ2) is 8.61. The summed E-state index contributed by atoms with van der Waals surface area (Å²) in [5.41, 5.74) is 2.67. The number of nitrogens with zero attached hydrogens (tertiary/aromatic N) is 2. The molecule has 1 aromatic heterocycles. The average Bonchev–Trinajstić information content (AvgIpc) is 3.22. The molecule has 0 N–H and O–H groups in total. The predicted octanol–water partition coefficient (Wildman–Crippen LogP) is 5.58. The SMILES string of the molecule is CC(C)COc1ccc(-c2ccc(C3COC(c4c(F)cccc4F)=N3)cc2)cn1. The lowest BCUT2D eigenvalue weighted by Crippen LogP contribution is -2.07. The van der Waals surface area contributed by atoms with Crippen LogP contribution in [0.2, 0.25) is 0 Å². The van der Waals surface area contributed by atoms with Gasteiger partial charge >= 0.3 is 0 Å². The first kappa shape index (κ1) is 20.0. The Labute approximate surface area is 174 Å². The van der Waals surface area contributed by atoms with E-state index >= 15 is 0 Å². The van der Waals surface area contributed by atoms with Gasteiger partial charge in [0, 0.05) is 17.8 Å². The summed E-state index contributed by atoms with van der Waals surface area (Å²) >= 11 is 0. The van der Waals surface area contributed by atoms with E-state index in [0.29, 0.717) is 18.4 Å². The molecule has 6 heteroatoms. The van der Waals surface area contributed by atoms with Gasteiger partial charge in [0.15, 0.2) is 0 Å². The van der Waals surface area contributed by atoms with E-state index in [0.717, 1.165) is 16.7 Å². The van der Waals surface area contributed by atoms with Crippen molar-refractivity contribution in [1.29, 1.82) is 0 Å². The highest BCUT2D eigenvalue weighted by Crippen LogP contribution is 2.29. The second-order valence-corrected chi connectivity index (χ2v) is 7.57. The zero-order valence-electron chi connectivity index (χ0n) is 16.8. The maximum absolute atomic E-state index is 14.0. The van der Waals surface area contributed by atoms with Crippen LogP contribution in [0.25, 0.3) is 11.1 Å². The Morgan fingerprint density at radius 2 is 1.70 bits per heavy atom. The average molecular weight is 408 g/mol. The van der Waals surface area contributed by atoms with Gasteiger partial charge in [0.1, 0.15) is 29.8 Å². The number of rotatable bonds is 6. The number of aromatic nitrogens is 1. The van der Waals surface area contributed by atoms with Gasteiger partial charge in [-0.25, -0.2) is 18.8 Å². The van der Waals surface area contributed by atoms with Crippen molar-refractivity contribution in [2.45, 2.75) is 19.9 Å². The van der Waals surface area contributed by atoms with Crippen LogP contribution in [0.3, 0.4) is 0 Å². The molecule has 0 spiro atoms. The van der Waals surface area contributed by atoms with Crippen LogP contribution in [0.4, 0.5) is 8.78 Å². The van der Waals surface area contributed by atoms with E-state index in [-0.39, 0.29) is 24.1 Å². The summed E-state index contributed by atoms with van der Waals surface area (Å²) in [6, 6.07) is 15.0. The molecule has 0 aliphatic carbocycles. The van der Waals surface area contributed by atoms with E-state index in [9.17, 15) is 8.78 Å². The molecule has 2 aromatic carbocycles. The molecule has 0 saturated heterocycles. The van der Waals surface area contributed by atoms with Crippen LogP contribution >= 0.6 is 0 Å². The van der Waals surface area contributed by atoms with Gasteiger partial charge in [-0.3, -0.25) is 0 Å². The summed E-state index contributed by atoms with van der Waals surface area (Å²) < 4.78 is 39.0. The molecule has 2 heterocycles. The summed E-state index contributed by atoms with van der Waals surface area (Å²) in [5, 5.41) is 0. The molecule has 4 nitrogen and oxygen atoms in total. The molecular formula is C24H22F2N2O2. The first-order valence-electron chi connectivity index (χ1n) is 9.85. The highest BCUT2D eigenvalue weighted by molar-refractivity contribution is 5.95. The van der Waals surface area contributed by atoms with Gasteiger partial charge in [-0.05, 0) is 35.2 Å². The molecule has 0 radical (unpaired) electrons. The summed E-state index contributed by atoms with van der Waals surface area (Å²) in [7, 11) is 0. The fraction of sp³-hybridized carbons (Fsp3) is 0.250. The molecule has 0 fully saturated rings. The van der Waals surface area contributed by atoms with Gasteiger partial charge in [0.2, 0.25) is 11.8 Å². The van der Waals surface area contributed by atoms with E-state index in [1.54, 1.807) is 6.20 Å². The van der Waals surface area contributed by atoms with Crippen molar-refractivity contribution >= 4 is 5.90 Å². The van der Waals surface area contributed by atoms with Gasteiger partial charge in [-0.2, -0.15) is 0 Å². The van der Waals surface area contributed by atoms with Crippen molar-refractivity contribution in [2.75, 3.05) is 13.2 Å². The maximum Gasteiger partial charge on any atom is 0.222 e. The number of benzene rings is 2. The van der Waals surface area contributed by atoms with Gasteiger partial charge < -0.3 is 9.47 Å². The lowest BCUT2D eigenvalue weighted by Gasteiger charge is -2.09. The Hall–Kier alpha value is -3.28. The molecule has 3 aromatic rings. The summed E-state index contributed by atoms with van der Waals surface area (Å²) in [6.07, 6.45) is 1.78. The van der Waals surface area contributed by atoms with Gasteiger partial charge in [0.05, 0.1) is 6.61 Å². The Morgan fingerprint density at radius 1 is 1.00 bits per heavy atom. The predicted molar refractivity (Wildman–Crippen MR) is 112 cm³/mol. The molecule has 0 amide bonds. The Balaban J connectivity index is 1.48. The third kappa shape index (κ3) is 4.32. The number of halogens is 2. The monoisotopic (exact) mass is 408 g/mol. The van der Waals surface area contributed by atoms with Crippen molar-refractivity contribution in [3.8, 4) is 17.0 Å². The number of hydrogen-bond acceptors (Lipinski definition) is 4. The van der Waals surface area contributed by atoms with E-state index in [4.69, 9.17) is 9.47 Å². The Morgan fingerprint density at radius 3 is 2.33 bits per heavy atom. The number of aliphatic imine (C=N–C) groups is 1. The standard InChI is InChI=1S/C24H22F2N2O2/c1-15(2)13-29-22-11-10-18(12-27-22)16-6-8-17(9-7-16)21-14-30-24(28-21)23-19(25)4-3-5-20(23)26/h3-12,15,21H,13-14H2,1-2H3. The smallest absolute Gasteiger partial charge is 0.222 e. The van der Waals surface area contributed by atoms with E-state index in [1.807, 2.05) is 36.4 Å². The van der Waals surface area contributed by atoms with Gasteiger partial charge in [-0.1, -0.05) is 44.2 Å². The third-order valence-electron chi connectivity index (χ3n) is 4.76. The first-order valence-corrected chi connectivity index (χ1v) is 9.85. The van der Waals surface area contributed by atoms with Crippen LogP contribution in [0, 0.1) is 17.6 Å². The number of ether oxygens (including phenoxy) is 2. The summed E-state index contributed by atoms with van der Waals surface area (Å²) in [5.74, 6) is -0.317. The van der Waals surface area contributed by atoms with Crippen LogP contribution < -0.4 is 4.74 Å². The maximum atomic E-state index is 14.0. The van der Waals surface area contributed by atoms with Crippen LogP contribution in [0.15, 0.2) is 65.8 Å². The fourth-order valence-electron chi connectivity index (χ4n) is 3.17. The normalized spacial score (nSPS) is 15.8. The largest absolute Gasteiger partial charge is 0.477 e. The number of pyridine rings is 1. The number of hydrogen-bond donors (Lipinski definition) is 0. The zero-order chi connectivity index (χ0) is 21.1. The molecule has 1 atom stereocenters. The lowest BCUT2D eigenvalue weighted by atomic mass is 10.0. The molecule has 30 heavy (non-hydrogen) atoms. The molecule has 1 unspecified atom stereocenters. The van der Waals surface area contributed by atoms with E-state index in [2.05, 4.69) is 23.8 Å². The zero-order valence-corrected chi connectivity index (χ0v) is 16.8. The van der Waals surface area contributed by atoms with Crippen molar-refractivity contribution in [3.63, 3.8) is 0 Å². The van der Waals surface area contributed by atoms with Crippen LogP contribution in [0.1, 0.15) is 31.0 Å².